The van der Waals surface area contributed by atoms with E-state index < -0.39 is 126 Å². The van der Waals surface area contributed by atoms with Gasteiger partial charge in [0, 0.05) is 19.5 Å². The van der Waals surface area contributed by atoms with Crippen LogP contribution in [0.2, 0.25) is 0 Å². The Hall–Kier alpha value is -4.99. The SMILES string of the molecule is CCC(C)C(NC(=O)CNC(=O)C1CCCN1C(=O)C(NC(=O)C1CCCN1C(=O)C(CCSC)NC(=O)C(NC(=O)C(CC(C)C)NC(=O)C(N)CCC(N)=O)C(C)CC)C(C)C)C(=O)O. The summed E-state index contributed by atoms with van der Waals surface area (Å²) in [6.45, 7) is 14.3. The molecule has 0 bridgehead atoms. The fourth-order valence-electron chi connectivity index (χ4n) is 8.06. The maximum atomic E-state index is 14.4. The van der Waals surface area contributed by atoms with Gasteiger partial charge in [-0.3, -0.25) is 43.2 Å². The lowest BCUT2D eigenvalue weighted by Gasteiger charge is -2.33. The number of aliphatic carboxylic acids is 1. The minimum absolute atomic E-state index is 0.0149. The van der Waals surface area contributed by atoms with E-state index in [0.29, 0.717) is 37.9 Å². The second-order valence-corrected chi connectivity index (χ2v) is 19.6. The lowest BCUT2D eigenvalue weighted by Crippen LogP contribution is -2.61. The van der Waals surface area contributed by atoms with Crippen LogP contribution < -0.4 is 43.4 Å². The van der Waals surface area contributed by atoms with Crippen molar-refractivity contribution in [2.24, 2.45) is 35.1 Å². The van der Waals surface area contributed by atoms with Crippen LogP contribution in [0.15, 0.2) is 0 Å². The van der Waals surface area contributed by atoms with E-state index in [-0.39, 0.29) is 57.0 Å². The van der Waals surface area contributed by atoms with Crippen molar-refractivity contribution in [1.82, 2.24) is 41.7 Å². The highest BCUT2D eigenvalue weighted by Crippen LogP contribution is 2.24. The molecule has 9 amide bonds. The van der Waals surface area contributed by atoms with Gasteiger partial charge in [0.25, 0.3) is 0 Å². The average Bonchev–Trinajstić information content (AvgIpc) is 3.98. The molecule has 10 atom stereocenters. The van der Waals surface area contributed by atoms with Crippen LogP contribution >= 0.6 is 11.8 Å². The maximum absolute atomic E-state index is 14.4. The fourth-order valence-corrected chi connectivity index (χ4v) is 8.53. The maximum Gasteiger partial charge on any atom is 0.326 e. The van der Waals surface area contributed by atoms with E-state index in [4.69, 9.17) is 11.5 Å². The van der Waals surface area contributed by atoms with E-state index in [1.807, 2.05) is 27.0 Å². The van der Waals surface area contributed by atoms with E-state index in [9.17, 15) is 53.1 Å². The van der Waals surface area contributed by atoms with Crippen molar-refractivity contribution >= 4 is 70.9 Å². The first-order valence-electron chi connectivity index (χ1n) is 23.6. The van der Waals surface area contributed by atoms with Crippen molar-refractivity contribution in [1.29, 1.82) is 0 Å². The van der Waals surface area contributed by atoms with E-state index in [1.165, 1.54) is 21.6 Å². The first kappa shape index (κ1) is 58.1. The van der Waals surface area contributed by atoms with Crippen LogP contribution in [0.1, 0.15) is 120 Å². The Morgan fingerprint density at radius 3 is 1.75 bits per heavy atom. The van der Waals surface area contributed by atoms with E-state index in [0.717, 1.165) is 0 Å². The van der Waals surface area contributed by atoms with Crippen molar-refractivity contribution in [2.75, 3.05) is 31.6 Å². The minimum atomic E-state index is -1.19. The molecular formula is C45H78N10O11S. The molecule has 0 saturated carbocycles. The molecule has 2 fully saturated rings. The largest absolute Gasteiger partial charge is 0.480 e. The second-order valence-electron chi connectivity index (χ2n) is 18.6. The molecule has 11 N–H and O–H groups in total. The topological polar surface area (TPSA) is 322 Å². The molecule has 2 heterocycles. The third-order valence-electron chi connectivity index (χ3n) is 12.5. The number of nitrogens with zero attached hydrogens (tertiary/aromatic N) is 2. The predicted octanol–water partition coefficient (Wildman–Crippen LogP) is -0.267. The van der Waals surface area contributed by atoms with E-state index in [2.05, 4.69) is 31.9 Å². The van der Waals surface area contributed by atoms with Gasteiger partial charge in [0.2, 0.25) is 53.2 Å². The smallest absolute Gasteiger partial charge is 0.326 e. The summed E-state index contributed by atoms with van der Waals surface area (Å²) in [5.74, 6) is -7.34. The monoisotopic (exact) mass is 967 g/mol. The van der Waals surface area contributed by atoms with Gasteiger partial charge >= 0.3 is 5.97 Å². The Bertz CT molecular complexity index is 1750. The number of primary amides is 1. The number of carbonyl (C=O) groups is 10. The molecule has 2 aliphatic rings. The summed E-state index contributed by atoms with van der Waals surface area (Å²) in [5.41, 5.74) is 11.2. The number of hydrogen-bond donors (Lipinski definition) is 9. The fraction of sp³-hybridized carbons (Fsp3) is 0.778. The zero-order valence-electron chi connectivity index (χ0n) is 40.8. The van der Waals surface area contributed by atoms with Crippen molar-refractivity contribution in [2.45, 2.75) is 168 Å². The Morgan fingerprint density at radius 2 is 1.22 bits per heavy atom. The number of amides is 9. The van der Waals surface area contributed by atoms with Crippen LogP contribution in [0.5, 0.6) is 0 Å². The van der Waals surface area contributed by atoms with Crippen LogP contribution in [0.25, 0.3) is 0 Å². The van der Waals surface area contributed by atoms with Crippen molar-refractivity contribution in [3.05, 3.63) is 0 Å². The standard InChI is InChI=1S/C45H78N10O11S/c1-10-26(7)36(53-39(59)30(22-24(3)4)50-38(58)28(46)16-17-33(47)56)42(62)49-29(18-21-67-9)43(63)54-19-13-15-32(54)41(61)52-35(25(5)6)44(64)55-20-12-14-31(55)40(60)48-23-34(57)51-37(45(65)66)27(8)11-2/h24-32,35-37H,10-23,46H2,1-9H3,(H2,47,56)(H,48,60)(H,49,62)(H,50,58)(H,51,57)(H,52,61)(H,53,59)(H,65,66). The molecule has 380 valence electrons. The third-order valence-corrected chi connectivity index (χ3v) is 13.2. The number of hydrogen-bond acceptors (Lipinski definition) is 12. The summed E-state index contributed by atoms with van der Waals surface area (Å²) >= 11 is 1.46. The Balaban J connectivity index is 2.24. The zero-order valence-corrected chi connectivity index (χ0v) is 41.6. The number of carbonyl (C=O) groups excluding carboxylic acids is 9. The number of thioether (sulfide) groups is 1. The quantitative estimate of drug-likeness (QED) is 0.0489. The molecule has 67 heavy (non-hydrogen) atoms. The molecule has 2 saturated heterocycles. The molecule has 0 aliphatic carbocycles. The molecule has 2 rings (SSSR count). The molecular weight excluding hydrogens is 889 g/mol. The molecule has 2 aliphatic heterocycles. The highest BCUT2D eigenvalue weighted by atomic mass is 32.2. The van der Waals surface area contributed by atoms with Gasteiger partial charge in [-0.1, -0.05) is 68.2 Å². The molecule has 0 spiro atoms. The molecule has 0 radical (unpaired) electrons. The van der Waals surface area contributed by atoms with Gasteiger partial charge in [0.1, 0.15) is 42.3 Å². The first-order valence-corrected chi connectivity index (χ1v) is 25.0. The van der Waals surface area contributed by atoms with Crippen molar-refractivity contribution in [3.8, 4) is 0 Å². The summed E-state index contributed by atoms with van der Waals surface area (Å²) in [7, 11) is 0. The van der Waals surface area contributed by atoms with Gasteiger partial charge in [0.15, 0.2) is 0 Å². The van der Waals surface area contributed by atoms with Crippen LogP contribution in [0.3, 0.4) is 0 Å². The summed E-state index contributed by atoms with van der Waals surface area (Å²) in [6, 6.07) is -8.46. The average molecular weight is 967 g/mol. The van der Waals surface area contributed by atoms with Crippen molar-refractivity contribution < 1.29 is 53.1 Å². The molecule has 10 unspecified atom stereocenters. The lowest BCUT2D eigenvalue weighted by atomic mass is 9.96. The van der Waals surface area contributed by atoms with Crippen LogP contribution in [0, 0.1) is 23.7 Å². The Kier molecular flexibility index (Phi) is 24.6. The molecule has 0 aromatic rings. The Morgan fingerprint density at radius 1 is 0.672 bits per heavy atom. The number of nitrogens with one attached hydrogen (secondary N) is 6. The summed E-state index contributed by atoms with van der Waals surface area (Å²) < 4.78 is 0. The van der Waals surface area contributed by atoms with Crippen molar-refractivity contribution in [3.63, 3.8) is 0 Å². The van der Waals surface area contributed by atoms with Gasteiger partial charge in [-0.2, -0.15) is 11.8 Å². The molecule has 22 heteroatoms. The Labute approximate surface area is 399 Å². The minimum Gasteiger partial charge on any atom is -0.480 e. The first-order chi connectivity index (χ1) is 31.5. The lowest BCUT2D eigenvalue weighted by molar-refractivity contribution is -0.145. The van der Waals surface area contributed by atoms with Crippen LogP contribution in [0.4, 0.5) is 0 Å². The van der Waals surface area contributed by atoms with Gasteiger partial charge in [-0.05, 0) is 80.6 Å². The molecule has 21 nitrogen and oxygen atoms in total. The van der Waals surface area contributed by atoms with Gasteiger partial charge in [-0.25, -0.2) is 4.79 Å². The van der Waals surface area contributed by atoms with Gasteiger partial charge < -0.3 is 58.3 Å². The van der Waals surface area contributed by atoms with E-state index in [1.54, 1.807) is 34.6 Å². The number of carboxylic acids is 1. The van der Waals surface area contributed by atoms with Crippen LogP contribution in [-0.2, 0) is 47.9 Å². The van der Waals surface area contributed by atoms with Crippen LogP contribution in [-0.4, -0.2) is 154 Å². The summed E-state index contributed by atoms with van der Waals surface area (Å²) in [4.78, 5) is 135. The number of rotatable bonds is 28. The number of nitrogens with two attached hydrogens (primary N) is 2. The highest BCUT2D eigenvalue weighted by Gasteiger charge is 2.43. The van der Waals surface area contributed by atoms with Gasteiger partial charge in [-0.15, -0.1) is 0 Å². The molecule has 0 aromatic carbocycles. The zero-order chi connectivity index (χ0) is 50.7. The predicted molar refractivity (Wildman–Crippen MR) is 252 cm³/mol. The highest BCUT2D eigenvalue weighted by molar-refractivity contribution is 7.98. The molecule has 0 aromatic heterocycles. The second kappa shape index (κ2) is 28.4. The summed E-state index contributed by atoms with van der Waals surface area (Å²) in [6.07, 6.45) is 4.68. The summed E-state index contributed by atoms with van der Waals surface area (Å²) in [5, 5.41) is 25.6. The van der Waals surface area contributed by atoms with E-state index >= 15 is 0 Å². The normalized spacial score (nSPS) is 19.5. The third kappa shape index (κ3) is 17.9. The number of likely N-dealkylation sites (tertiary alicyclic amines) is 2. The number of carboxylic acid groups (broad SMARTS) is 1. The van der Waals surface area contributed by atoms with Gasteiger partial charge in [0.05, 0.1) is 12.6 Å².